The third-order valence-corrected chi connectivity index (χ3v) is 4.10. The van der Waals surface area contributed by atoms with Gasteiger partial charge in [-0.1, -0.05) is 30.3 Å². The summed E-state index contributed by atoms with van der Waals surface area (Å²) >= 11 is 0. The SMILES string of the molecule is O=C(CCn1ccc(=O)[nH]c1=O)NCc1nncn1CCc1ccccc1. The first-order valence-electron chi connectivity index (χ1n) is 8.59. The van der Waals surface area contributed by atoms with Crippen LogP contribution in [-0.4, -0.2) is 30.2 Å². The average Bonchev–Trinajstić information content (AvgIpc) is 3.12. The second-order valence-electron chi connectivity index (χ2n) is 6.01. The van der Waals surface area contributed by atoms with E-state index in [1.54, 1.807) is 6.33 Å². The van der Waals surface area contributed by atoms with Gasteiger partial charge in [0.1, 0.15) is 6.33 Å². The Labute approximate surface area is 154 Å². The monoisotopic (exact) mass is 368 g/mol. The molecule has 0 unspecified atom stereocenters. The maximum atomic E-state index is 12.0. The van der Waals surface area contributed by atoms with Crippen molar-refractivity contribution in [2.24, 2.45) is 0 Å². The minimum absolute atomic E-state index is 0.115. The lowest BCUT2D eigenvalue weighted by molar-refractivity contribution is -0.121. The van der Waals surface area contributed by atoms with Gasteiger partial charge in [-0.15, -0.1) is 10.2 Å². The van der Waals surface area contributed by atoms with Crippen molar-refractivity contribution >= 4 is 5.91 Å². The molecule has 0 aliphatic heterocycles. The molecule has 0 aliphatic carbocycles. The highest BCUT2D eigenvalue weighted by molar-refractivity contribution is 5.75. The summed E-state index contributed by atoms with van der Waals surface area (Å²) in [7, 11) is 0. The Morgan fingerprint density at radius 3 is 2.67 bits per heavy atom. The van der Waals surface area contributed by atoms with Gasteiger partial charge < -0.3 is 14.5 Å². The van der Waals surface area contributed by atoms with E-state index in [1.165, 1.54) is 22.4 Å². The molecule has 0 saturated carbocycles. The van der Waals surface area contributed by atoms with Crippen molar-refractivity contribution in [1.82, 2.24) is 29.6 Å². The van der Waals surface area contributed by atoms with Crippen LogP contribution in [0.5, 0.6) is 0 Å². The summed E-state index contributed by atoms with van der Waals surface area (Å²) in [5.41, 5.74) is 0.221. The zero-order chi connectivity index (χ0) is 19.1. The van der Waals surface area contributed by atoms with Gasteiger partial charge in [0.15, 0.2) is 5.82 Å². The molecule has 0 saturated heterocycles. The first-order chi connectivity index (χ1) is 13.1. The van der Waals surface area contributed by atoms with Gasteiger partial charge in [-0.25, -0.2) is 4.79 Å². The van der Waals surface area contributed by atoms with Crippen molar-refractivity contribution in [3.8, 4) is 0 Å². The Balaban J connectivity index is 1.48. The van der Waals surface area contributed by atoms with E-state index in [0.29, 0.717) is 5.82 Å². The second kappa shape index (κ2) is 8.75. The smallest absolute Gasteiger partial charge is 0.328 e. The molecule has 2 aromatic heterocycles. The number of aromatic nitrogens is 5. The number of hydrogen-bond donors (Lipinski definition) is 2. The Hall–Kier alpha value is -3.49. The zero-order valence-electron chi connectivity index (χ0n) is 14.7. The topological polar surface area (TPSA) is 115 Å². The number of carbonyl (C=O) groups is 1. The van der Waals surface area contributed by atoms with Crippen molar-refractivity contribution in [3.05, 3.63) is 81.1 Å². The molecule has 2 N–H and O–H groups in total. The van der Waals surface area contributed by atoms with E-state index in [9.17, 15) is 14.4 Å². The van der Waals surface area contributed by atoms with E-state index in [2.05, 4.69) is 32.6 Å². The highest BCUT2D eigenvalue weighted by Crippen LogP contribution is 2.03. The Bertz CT molecular complexity index is 1010. The van der Waals surface area contributed by atoms with Gasteiger partial charge in [-0.2, -0.15) is 0 Å². The van der Waals surface area contributed by atoms with Gasteiger partial charge in [-0.05, 0) is 12.0 Å². The van der Waals surface area contributed by atoms with Crippen LogP contribution in [0.1, 0.15) is 17.8 Å². The minimum Gasteiger partial charge on any atom is -0.349 e. The standard InChI is InChI=1S/C18H20N6O3/c25-16(7-10-23-11-8-17(26)21-18(23)27)19-12-15-22-20-13-24(15)9-6-14-4-2-1-3-5-14/h1-5,8,11,13H,6-7,9-10,12H2,(H,19,25)(H,21,26,27). The molecule has 0 aliphatic rings. The Morgan fingerprint density at radius 2 is 1.89 bits per heavy atom. The molecule has 140 valence electrons. The first-order valence-corrected chi connectivity index (χ1v) is 8.59. The molecular weight excluding hydrogens is 348 g/mol. The molecule has 0 radical (unpaired) electrons. The van der Waals surface area contributed by atoms with E-state index < -0.39 is 11.2 Å². The molecule has 3 aromatic rings. The summed E-state index contributed by atoms with van der Waals surface area (Å²) in [5.74, 6) is 0.450. The quantitative estimate of drug-likeness (QED) is 0.584. The van der Waals surface area contributed by atoms with Crippen LogP contribution in [0.3, 0.4) is 0 Å². The van der Waals surface area contributed by atoms with Crippen molar-refractivity contribution in [2.45, 2.75) is 32.5 Å². The number of H-pyrrole nitrogens is 1. The number of aromatic amines is 1. The molecular formula is C18H20N6O3. The lowest BCUT2D eigenvalue weighted by Crippen LogP contribution is -2.31. The molecule has 0 spiro atoms. The first kappa shape index (κ1) is 18.3. The summed E-state index contributed by atoms with van der Waals surface area (Å²) < 4.78 is 3.18. The van der Waals surface area contributed by atoms with Crippen LogP contribution < -0.4 is 16.6 Å². The minimum atomic E-state index is -0.532. The highest BCUT2D eigenvalue weighted by atomic mass is 16.2. The number of amides is 1. The summed E-state index contributed by atoms with van der Waals surface area (Å²) in [4.78, 5) is 36.8. The fourth-order valence-electron chi connectivity index (χ4n) is 2.61. The van der Waals surface area contributed by atoms with Gasteiger partial charge in [0.05, 0.1) is 6.54 Å². The number of aryl methyl sites for hydroxylation is 3. The molecule has 0 atom stereocenters. The number of carbonyl (C=O) groups excluding carboxylic acids is 1. The number of nitrogens with zero attached hydrogens (tertiary/aromatic N) is 4. The van der Waals surface area contributed by atoms with Crippen LogP contribution in [0, 0.1) is 0 Å². The van der Waals surface area contributed by atoms with E-state index in [0.717, 1.165) is 13.0 Å². The van der Waals surface area contributed by atoms with E-state index >= 15 is 0 Å². The van der Waals surface area contributed by atoms with Gasteiger partial charge in [0.25, 0.3) is 5.56 Å². The van der Waals surface area contributed by atoms with Gasteiger partial charge in [0, 0.05) is 31.8 Å². The normalized spacial score (nSPS) is 10.7. The maximum absolute atomic E-state index is 12.0. The molecule has 2 heterocycles. The second-order valence-corrected chi connectivity index (χ2v) is 6.01. The lowest BCUT2D eigenvalue weighted by Gasteiger charge is -2.09. The van der Waals surface area contributed by atoms with Crippen LogP contribution in [0.4, 0.5) is 0 Å². The van der Waals surface area contributed by atoms with Gasteiger partial charge in [0.2, 0.25) is 5.91 Å². The van der Waals surface area contributed by atoms with Gasteiger partial charge in [-0.3, -0.25) is 14.6 Å². The van der Waals surface area contributed by atoms with E-state index in [1.807, 2.05) is 22.8 Å². The van der Waals surface area contributed by atoms with E-state index in [-0.39, 0.29) is 25.4 Å². The molecule has 1 aromatic carbocycles. The molecule has 1 amide bonds. The van der Waals surface area contributed by atoms with Crippen molar-refractivity contribution in [1.29, 1.82) is 0 Å². The Morgan fingerprint density at radius 1 is 1.07 bits per heavy atom. The fraction of sp³-hybridized carbons (Fsp3) is 0.278. The molecule has 27 heavy (non-hydrogen) atoms. The molecule has 0 bridgehead atoms. The molecule has 3 rings (SSSR count). The number of hydrogen-bond acceptors (Lipinski definition) is 5. The summed E-state index contributed by atoms with van der Waals surface area (Å²) in [6, 6.07) is 11.3. The van der Waals surface area contributed by atoms with Crippen LogP contribution in [0.2, 0.25) is 0 Å². The number of rotatable bonds is 8. The van der Waals surface area contributed by atoms with Crippen molar-refractivity contribution < 1.29 is 4.79 Å². The average molecular weight is 368 g/mol. The summed E-state index contributed by atoms with van der Waals surface area (Å²) in [6.45, 7) is 1.16. The van der Waals surface area contributed by atoms with Crippen LogP contribution in [0.25, 0.3) is 0 Å². The highest BCUT2D eigenvalue weighted by Gasteiger charge is 2.08. The zero-order valence-corrected chi connectivity index (χ0v) is 14.7. The predicted molar refractivity (Wildman–Crippen MR) is 98.0 cm³/mol. The lowest BCUT2D eigenvalue weighted by atomic mass is 10.1. The Kier molecular flexibility index (Phi) is 5.93. The van der Waals surface area contributed by atoms with Gasteiger partial charge >= 0.3 is 5.69 Å². The van der Waals surface area contributed by atoms with Crippen molar-refractivity contribution in [3.63, 3.8) is 0 Å². The van der Waals surface area contributed by atoms with Crippen LogP contribution in [0.15, 0.2) is 58.5 Å². The molecule has 9 heteroatoms. The molecule has 0 fully saturated rings. The van der Waals surface area contributed by atoms with Crippen LogP contribution >= 0.6 is 0 Å². The third-order valence-electron chi connectivity index (χ3n) is 4.10. The third kappa shape index (κ3) is 5.24. The summed E-state index contributed by atoms with van der Waals surface area (Å²) in [5, 5.41) is 10.7. The number of benzene rings is 1. The van der Waals surface area contributed by atoms with Crippen LogP contribution in [-0.2, 0) is 30.8 Å². The fourth-order valence-corrected chi connectivity index (χ4v) is 2.61. The largest absolute Gasteiger partial charge is 0.349 e. The van der Waals surface area contributed by atoms with E-state index in [4.69, 9.17) is 0 Å². The number of nitrogens with one attached hydrogen (secondary N) is 2. The summed E-state index contributed by atoms with van der Waals surface area (Å²) in [6.07, 6.45) is 3.97. The predicted octanol–water partition coefficient (Wildman–Crippen LogP) is 0.0773. The maximum Gasteiger partial charge on any atom is 0.328 e. The van der Waals surface area contributed by atoms with Crippen molar-refractivity contribution in [2.75, 3.05) is 0 Å². The molecule has 9 nitrogen and oxygen atoms in total.